The summed E-state index contributed by atoms with van der Waals surface area (Å²) in [5.74, 6) is -0.114. The molecule has 0 saturated carbocycles. The monoisotopic (exact) mass is 378 g/mol. The van der Waals surface area contributed by atoms with Gasteiger partial charge in [-0.1, -0.05) is 48.0 Å². The van der Waals surface area contributed by atoms with E-state index in [1.165, 1.54) is 0 Å². The van der Waals surface area contributed by atoms with Gasteiger partial charge in [0.25, 0.3) is 5.91 Å². The van der Waals surface area contributed by atoms with Crippen LogP contribution in [-0.2, 0) is 6.54 Å². The van der Waals surface area contributed by atoms with E-state index in [0.29, 0.717) is 17.1 Å². The Morgan fingerprint density at radius 1 is 1.04 bits per heavy atom. The van der Waals surface area contributed by atoms with Gasteiger partial charge in [0.2, 0.25) is 0 Å². The molecule has 0 bridgehead atoms. The molecule has 2 heterocycles. The molecule has 4 rings (SSSR count). The Labute approximate surface area is 160 Å². The largest absolute Gasteiger partial charge is 0.348 e. The Morgan fingerprint density at radius 2 is 1.85 bits per heavy atom. The molecular weight excluding hydrogens is 364 g/mol. The number of benzene rings is 2. The zero-order valence-electron chi connectivity index (χ0n) is 13.8. The molecular formula is C21H15ClN2OS. The van der Waals surface area contributed by atoms with Gasteiger partial charge in [0, 0.05) is 17.0 Å². The van der Waals surface area contributed by atoms with Crippen LogP contribution in [0.3, 0.4) is 0 Å². The van der Waals surface area contributed by atoms with Crippen LogP contribution >= 0.6 is 22.9 Å². The summed E-state index contributed by atoms with van der Waals surface area (Å²) in [5.41, 5.74) is 3.26. The fourth-order valence-electron chi connectivity index (χ4n) is 2.79. The summed E-state index contributed by atoms with van der Waals surface area (Å²) in [5, 5.41) is 6.53. The lowest BCUT2D eigenvalue weighted by Crippen LogP contribution is -2.23. The predicted molar refractivity (Wildman–Crippen MR) is 108 cm³/mol. The third kappa shape index (κ3) is 3.47. The summed E-state index contributed by atoms with van der Waals surface area (Å²) >= 11 is 7.52. The number of hydrogen-bond acceptors (Lipinski definition) is 3. The summed E-state index contributed by atoms with van der Waals surface area (Å²) in [4.78, 5) is 18.6. The molecule has 0 radical (unpaired) electrons. The Balaban J connectivity index is 1.67. The highest BCUT2D eigenvalue weighted by atomic mass is 35.5. The van der Waals surface area contributed by atoms with Crippen molar-refractivity contribution in [1.29, 1.82) is 0 Å². The average Bonchev–Trinajstić information content (AvgIpc) is 3.21. The van der Waals surface area contributed by atoms with Gasteiger partial charge in [-0.05, 0) is 41.3 Å². The molecule has 4 aromatic rings. The first-order chi connectivity index (χ1) is 12.7. The standard InChI is InChI=1S/C21H15ClN2OS/c22-15-9-7-14(8-10-15)13-23-21(25)17-12-19(20-6-3-11-26-20)24-18-5-2-1-4-16(17)18/h1-12H,13H2,(H,23,25). The molecule has 0 aliphatic rings. The number of halogens is 1. The first-order valence-corrected chi connectivity index (χ1v) is 9.43. The number of hydrogen-bond donors (Lipinski definition) is 1. The number of rotatable bonds is 4. The molecule has 5 heteroatoms. The normalized spacial score (nSPS) is 10.8. The number of nitrogens with zero attached hydrogens (tertiary/aromatic N) is 1. The number of para-hydroxylation sites is 1. The number of nitrogens with one attached hydrogen (secondary N) is 1. The number of amides is 1. The lowest BCUT2D eigenvalue weighted by Gasteiger charge is -2.10. The second-order valence-electron chi connectivity index (χ2n) is 5.86. The van der Waals surface area contributed by atoms with Crippen molar-refractivity contribution in [2.75, 3.05) is 0 Å². The van der Waals surface area contributed by atoms with E-state index in [1.54, 1.807) is 11.3 Å². The van der Waals surface area contributed by atoms with Crippen molar-refractivity contribution in [3.05, 3.63) is 88.3 Å². The molecule has 0 fully saturated rings. The van der Waals surface area contributed by atoms with Crippen molar-refractivity contribution in [3.63, 3.8) is 0 Å². The second-order valence-corrected chi connectivity index (χ2v) is 7.24. The highest BCUT2D eigenvalue weighted by Gasteiger charge is 2.14. The zero-order valence-corrected chi connectivity index (χ0v) is 15.3. The van der Waals surface area contributed by atoms with E-state index >= 15 is 0 Å². The van der Waals surface area contributed by atoms with Gasteiger partial charge in [-0.15, -0.1) is 11.3 Å². The second kappa shape index (κ2) is 7.28. The third-order valence-corrected chi connectivity index (χ3v) is 5.25. The highest BCUT2D eigenvalue weighted by molar-refractivity contribution is 7.13. The molecule has 0 spiro atoms. The molecule has 3 nitrogen and oxygen atoms in total. The van der Waals surface area contributed by atoms with Gasteiger partial charge >= 0.3 is 0 Å². The number of pyridine rings is 1. The van der Waals surface area contributed by atoms with Gasteiger partial charge in [0.15, 0.2) is 0 Å². The molecule has 2 aromatic heterocycles. The van der Waals surface area contributed by atoms with Crippen molar-refractivity contribution in [2.24, 2.45) is 0 Å². The molecule has 0 saturated heterocycles. The van der Waals surface area contributed by atoms with Crippen molar-refractivity contribution in [1.82, 2.24) is 10.3 Å². The lowest BCUT2D eigenvalue weighted by molar-refractivity contribution is 0.0952. The quantitative estimate of drug-likeness (QED) is 0.506. The van der Waals surface area contributed by atoms with Crippen LogP contribution in [0.5, 0.6) is 0 Å². The maximum absolute atomic E-state index is 12.9. The Kier molecular flexibility index (Phi) is 4.69. The van der Waals surface area contributed by atoms with Gasteiger partial charge in [0.1, 0.15) is 0 Å². The fourth-order valence-corrected chi connectivity index (χ4v) is 3.61. The van der Waals surface area contributed by atoms with Crippen molar-refractivity contribution in [2.45, 2.75) is 6.54 Å². The van der Waals surface area contributed by atoms with E-state index in [2.05, 4.69) is 5.32 Å². The maximum atomic E-state index is 12.9. The van der Waals surface area contributed by atoms with Gasteiger partial charge < -0.3 is 5.32 Å². The molecule has 2 aromatic carbocycles. The van der Waals surface area contributed by atoms with Gasteiger partial charge in [-0.2, -0.15) is 0 Å². The van der Waals surface area contributed by atoms with Gasteiger partial charge in [-0.25, -0.2) is 4.98 Å². The van der Waals surface area contributed by atoms with Crippen LogP contribution < -0.4 is 5.32 Å². The highest BCUT2D eigenvalue weighted by Crippen LogP contribution is 2.27. The number of aromatic nitrogens is 1. The lowest BCUT2D eigenvalue weighted by atomic mass is 10.1. The van der Waals surface area contributed by atoms with E-state index in [4.69, 9.17) is 16.6 Å². The average molecular weight is 379 g/mol. The van der Waals surface area contributed by atoms with Crippen LogP contribution in [-0.4, -0.2) is 10.9 Å². The van der Waals surface area contributed by atoms with Crippen LogP contribution in [0.2, 0.25) is 5.02 Å². The first kappa shape index (κ1) is 16.8. The minimum absolute atomic E-state index is 0.114. The SMILES string of the molecule is O=C(NCc1ccc(Cl)cc1)c1cc(-c2cccs2)nc2ccccc12. The minimum Gasteiger partial charge on any atom is -0.348 e. The summed E-state index contributed by atoms with van der Waals surface area (Å²) < 4.78 is 0. The molecule has 0 atom stereocenters. The van der Waals surface area contributed by atoms with Crippen molar-refractivity contribution >= 4 is 39.7 Å². The third-order valence-electron chi connectivity index (χ3n) is 4.10. The van der Waals surface area contributed by atoms with Crippen LogP contribution in [0.25, 0.3) is 21.5 Å². The molecule has 0 unspecified atom stereocenters. The number of carbonyl (C=O) groups excluding carboxylic acids is 1. The predicted octanol–water partition coefficient (Wildman–Crippen LogP) is 5.55. The maximum Gasteiger partial charge on any atom is 0.252 e. The number of fused-ring (bicyclic) bond motifs is 1. The Morgan fingerprint density at radius 3 is 2.62 bits per heavy atom. The molecule has 0 aliphatic heterocycles. The zero-order chi connectivity index (χ0) is 17.9. The number of thiophene rings is 1. The van der Waals surface area contributed by atoms with Crippen LogP contribution in [0.4, 0.5) is 0 Å². The van der Waals surface area contributed by atoms with Gasteiger partial charge in [0.05, 0.1) is 21.7 Å². The van der Waals surface area contributed by atoms with Crippen LogP contribution in [0.1, 0.15) is 15.9 Å². The molecule has 128 valence electrons. The van der Waals surface area contributed by atoms with Crippen molar-refractivity contribution in [3.8, 4) is 10.6 Å². The summed E-state index contributed by atoms with van der Waals surface area (Å²) in [6.45, 7) is 0.445. The first-order valence-electron chi connectivity index (χ1n) is 8.17. The van der Waals surface area contributed by atoms with E-state index in [1.807, 2.05) is 72.1 Å². The van der Waals surface area contributed by atoms with E-state index < -0.39 is 0 Å². The summed E-state index contributed by atoms with van der Waals surface area (Å²) in [7, 11) is 0. The Hall–Kier alpha value is -2.69. The fraction of sp³-hybridized carbons (Fsp3) is 0.0476. The van der Waals surface area contributed by atoms with Gasteiger partial charge in [-0.3, -0.25) is 4.79 Å². The van der Waals surface area contributed by atoms with Crippen LogP contribution in [0.15, 0.2) is 72.1 Å². The van der Waals surface area contributed by atoms with E-state index in [0.717, 1.165) is 27.0 Å². The smallest absolute Gasteiger partial charge is 0.252 e. The summed E-state index contributed by atoms with van der Waals surface area (Å²) in [6.07, 6.45) is 0. The minimum atomic E-state index is -0.114. The van der Waals surface area contributed by atoms with E-state index in [-0.39, 0.29) is 5.91 Å². The molecule has 26 heavy (non-hydrogen) atoms. The molecule has 1 N–H and O–H groups in total. The summed E-state index contributed by atoms with van der Waals surface area (Å²) in [6, 6.07) is 21.0. The number of carbonyl (C=O) groups is 1. The Bertz CT molecular complexity index is 1060. The van der Waals surface area contributed by atoms with Crippen molar-refractivity contribution < 1.29 is 4.79 Å². The molecule has 0 aliphatic carbocycles. The molecule has 1 amide bonds. The van der Waals surface area contributed by atoms with Crippen LogP contribution in [0, 0.1) is 0 Å². The topological polar surface area (TPSA) is 42.0 Å². The van der Waals surface area contributed by atoms with E-state index in [9.17, 15) is 4.79 Å².